The van der Waals surface area contributed by atoms with E-state index in [1.165, 1.54) is 12.8 Å². The molecule has 0 aliphatic rings. The average Bonchev–Trinajstić information content (AvgIpc) is 2.10. The number of unbranched alkanes of at least 4 members (excludes halogenated alkanes) is 3. The lowest BCUT2D eigenvalue weighted by Crippen LogP contribution is -2.16. The maximum Gasteiger partial charge on any atom is 0.0431 e. The maximum absolute atomic E-state index is 8.50. The first kappa shape index (κ1) is 11.5. The Balaban J connectivity index is 2.78. The summed E-state index contributed by atoms with van der Waals surface area (Å²) in [5.41, 5.74) is 0. The third-order valence-electron chi connectivity index (χ3n) is 1.71. The topological polar surface area (TPSA) is 32.3 Å². The number of aliphatic hydroxyl groups is 1. The summed E-state index contributed by atoms with van der Waals surface area (Å²) in [6.07, 6.45) is 10.4. The van der Waals surface area contributed by atoms with E-state index in [1.807, 2.05) is 0 Å². The maximum atomic E-state index is 8.50. The van der Waals surface area contributed by atoms with Gasteiger partial charge in [0.25, 0.3) is 0 Å². The molecule has 0 atom stereocenters. The molecule has 2 N–H and O–H groups in total. The van der Waals surface area contributed by atoms with Crippen molar-refractivity contribution in [3.05, 3.63) is 0 Å². The van der Waals surface area contributed by atoms with Gasteiger partial charge in [-0.25, -0.2) is 0 Å². The minimum absolute atomic E-state index is 0.324. The fraction of sp³-hybridized carbons (Fsp3) is 0.800. The summed E-state index contributed by atoms with van der Waals surface area (Å²) in [6.45, 7) is 2.30. The summed E-state index contributed by atoms with van der Waals surface area (Å²) < 4.78 is 0. The normalized spacial score (nSPS) is 9.67. The molecular formula is C10H19NO. The van der Waals surface area contributed by atoms with Crippen LogP contribution in [0.25, 0.3) is 0 Å². The predicted octanol–water partition coefficient (Wildman–Crippen LogP) is 1.15. The average molecular weight is 169 g/mol. The Kier molecular flexibility index (Phi) is 10.0. The van der Waals surface area contributed by atoms with Crippen molar-refractivity contribution >= 4 is 0 Å². The SMILES string of the molecule is C#CCCNCCCCCCO. The molecule has 0 rings (SSSR count). The van der Waals surface area contributed by atoms with Gasteiger partial charge in [0.2, 0.25) is 0 Å². The zero-order valence-electron chi connectivity index (χ0n) is 7.68. The Morgan fingerprint density at radius 3 is 2.50 bits per heavy atom. The van der Waals surface area contributed by atoms with E-state index in [0.717, 1.165) is 32.4 Å². The van der Waals surface area contributed by atoms with Crippen LogP contribution in [-0.4, -0.2) is 24.8 Å². The van der Waals surface area contributed by atoms with E-state index in [4.69, 9.17) is 11.5 Å². The lowest BCUT2D eigenvalue weighted by Gasteiger charge is -2.01. The molecule has 2 heteroatoms. The summed E-state index contributed by atoms with van der Waals surface area (Å²) in [5.74, 6) is 2.58. The first-order valence-electron chi connectivity index (χ1n) is 4.67. The molecule has 0 radical (unpaired) electrons. The third-order valence-corrected chi connectivity index (χ3v) is 1.71. The van der Waals surface area contributed by atoms with Crippen LogP contribution in [0.2, 0.25) is 0 Å². The highest BCUT2D eigenvalue weighted by Crippen LogP contribution is 1.97. The highest BCUT2D eigenvalue weighted by molar-refractivity contribution is 4.83. The number of hydrogen-bond donors (Lipinski definition) is 2. The Hall–Kier alpha value is -0.520. The molecule has 0 saturated heterocycles. The number of hydrogen-bond acceptors (Lipinski definition) is 2. The zero-order chi connectivity index (χ0) is 9.07. The van der Waals surface area contributed by atoms with E-state index in [2.05, 4.69) is 11.2 Å². The second kappa shape index (κ2) is 10.5. The van der Waals surface area contributed by atoms with E-state index in [0.29, 0.717) is 6.61 Å². The molecule has 2 nitrogen and oxygen atoms in total. The Bertz CT molecular complexity index is 117. The molecule has 0 heterocycles. The van der Waals surface area contributed by atoms with Crippen molar-refractivity contribution < 1.29 is 5.11 Å². The summed E-state index contributed by atoms with van der Waals surface area (Å²) in [7, 11) is 0. The second-order valence-electron chi connectivity index (χ2n) is 2.84. The van der Waals surface area contributed by atoms with Gasteiger partial charge in [-0.3, -0.25) is 0 Å². The van der Waals surface area contributed by atoms with Crippen LogP contribution >= 0.6 is 0 Å². The summed E-state index contributed by atoms with van der Waals surface area (Å²) in [5, 5.41) is 11.8. The number of terminal acetylenes is 1. The van der Waals surface area contributed by atoms with E-state index in [1.54, 1.807) is 0 Å². The van der Waals surface area contributed by atoms with Crippen LogP contribution in [0, 0.1) is 12.3 Å². The minimum Gasteiger partial charge on any atom is -0.396 e. The molecule has 0 unspecified atom stereocenters. The van der Waals surface area contributed by atoms with Crippen LogP contribution in [0.15, 0.2) is 0 Å². The van der Waals surface area contributed by atoms with E-state index in [9.17, 15) is 0 Å². The van der Waals surface area contributed by atoms with Crippen molar-refractivity contribution in [1.29, 1.82) is 0 Å². The fourth-order valence-electron chi connectivity index (χ4n) is 1.00. The van der Waals surface area contributed by atoms with Crippen LogP contribution in [0.4, 0.5) is 0 Å². The van der Waals surface area contributed by atoms with Gasteiger partial charge < -0.3 is 10.4 Å². The third kappa shape index (κ3) is 9.48. The summed E-state index contributed by atoms with van der Waals surface area (Å²) >= 11 is 0. The lowest BCUT2D eigenvalue weighted by molar-refractivity contribution is 0.282. The fourth-order valence-corrected chi connectivity index (χ4v) is 1.00. The quantitative estimate of drug-likeness (QED) is 0.422. The van der Waals surface area contributed by atoms with Crippen molar-refractivity contribution in [2.24, 2.45) is 0 Å². The van der Waals surface area contributed by atoms with Gasteiger partial charge in [0.05, 0.1) is 0 Å². The van der Waals surface area contributed by atoms with Crippen LogP contribution in [-0.2, 0) is 0 Å². The van der Waals surface area contributed by atoms with E-state index < -0.39 is 0 Å². The molecule has 0 bridgehead atoms. The lowest BCUT2D eigenvalue weighted by atomic mass is 10.2. The highest BCUT2D eigenvalue weighted by atomic mass is 16.2. The molecule has 70 valence electrons. The monoisotopic (exact) mass is 169 g/mol. The first-order valence-corrected chi connectivity index (χ1v) is 4.67. The minimum atomic E-state index is 0.324. The molecule has 0 aliphatic heterocycles. The van der Waals surface area contributed by atoms with Gasteiger partial charge in [-0.15, -0.1) is 12.3 Å². The molecule has 0 spiro atoms. The molecule has 0 aliphatic carbocycles. The van der Waals surface area contributed by atoms with Gasteiger partial charge in [-0.05, 0) is 19.4 Å². The zero-order valence-corrected chi connectivity index (χ0v) is 7.68. The molecule has 0 saturated carbocycles. The molecule has 0 amide bonds. The standard InChI is InChI=1S/C10H19NO/c1-2-3-8-11-9-6-4-5-7-10-12/h1,11-12H,3-10H2. The number of nitrogens with one attached hydrogen (secondary N) is 1. The van der Waals surface area contributed by atoms with Crippen molar-refractivity contribution in [2.75, 3.05) is 19.7 Å². The van der Waals surface area contributed by atoms with Gasteiger partial charge in [0, 0.05) is 19.6 Å². The van der Waals surface area contributed by atoms with Gasteiger partial charge >= 0.3 is 0 Å². The number of rotatable bonds is 8. The molecular weight excluding hydrogens is 150 g/mol. The van der Waals surface area contributed by atoms with Crippen molar-refractivity contribution in [3.8, 4) is 12.3 Å². The van der Waals surface area contributed by atoms with Gasteiger partial charge in [-0.2, -0.15) is 0 Å². The van der Waals surface area contributed by atoms with Crippen molar-refractivity contribution in [3.63, 3.8) is 0 Å². The summed E-state index contributed by atoms with van der Waals surface area (Å²) in [4.78, 5) is 0. The van der Waals surface area contributed by atoms with Crippen LogP contribution in [0.5, 0.6) is 0 Å². The Labute approximate surface area is 75.4 Å². The molecule has 0 aromatic heterocycles. The van der Waals surface area contributed by atoms with Crippen LogP contribution < -0.4 is 5.32 Å². The molecule has 0 fully saturated rings. The van der Waals surface area contributed by atoms with Crippen molar-refractivity contribution in [2.45, 2.75) is 32.1 Å². The molecule has 12 heavy (non-hydrogen) atoms. The Morgan fingerprint density at radius 1 is 1.08 bits per heavy atom. The van der Waals surface area contributed by atoms with Gasteiger partial charge in [0.15, 0.2) is 0 Å². The second-order valence-corrected chi connectivity index (χ2v) is 2.84. The molecule has 0 aromatic carbocycles. The van der Waals surface area contributed by atoms with Gasteiger partial charge in [0.1, 0.15) is 0 Å². The van der Waals surface area contributed by atoms with Crippen LogP contribution in [0.3, 0.4) is 0 Å². The summed E-state index contributed by atoms with van der Waals surface area (Å²) in [6, 6.07) is 0. The number of aliphatic hydroxyl groups excluding tert-OH is 1. The largest absolute Gasteiger partial charge is 0.396 e. The predicted molar refractivity (Wildman–Crippen MR) is 51.9 cm³/mol. The van der Waals surface area contributed by atoms with Crippen LogP contribution in [0.1, 0.15) is 32.1 Å². The first-order chi connectivity index (χ1) is 5.91. The van der Waals surface area contributed by atoms with E-state index >= 15 is 0 Å². The molecule has 0 aromatic rings. The Morgan fingerprint density at radius 2 is 1.83 bits per heavy atom. The van der Waals surface area contributed by atoms with Crippen molar-refractivity contribution in [1.82, 2.24) is 5.32 Å². The highest BCUT2D eigenvalue weighted by Gasteiger charge is 1.88. The van der Waals surface area contributed by atoms with Gasteiger partial charge in [-0.1, -0.05) is 12.8 Å². The smallest absolute Gasteiger partial charge is 0.0431 e. The van der Waals surface area contributed by atoms with E-state index in [-0.39, 0.29) is 0 Å².